The average molecular weight is 1500 g/mol. The van der Waals surface area contributed by atoms with Crippen LogP contribution in [0.1, 0.15) is 105 Å². The molecule has 0 radical (unpaired) electrons. The summed E-state index contributed by atoms with van der Waals surface area (Å²) in [7, 11) is 0. The number of carbonyl (C=O) groups is 7. The Kier molecular flexibility index (Phi) is 8.09. The summed E-state index contributed by atoms with van der Waals surface area (Å²) >= 11 is 0. The number of hydrogen-bond acceptors (Lipinski definition) is 10. The Bertz CT molecular complexity index is 9170. The van der Waals surface area contributed by atoms with E-state index in [1.807, 2.05) is 4.90 Å². The van der Waals surface area contributed by atoms with Gasteiger partial charge in [-0.05, 0) is 347 Å². The summed E-state index contributed by atoms with van der Waals surface area (Å²) in [4.78, 5) is 94.7. The first-order chi connectivity index (χ1) is 56.8. The Hall–Kier alpha value is -12.9. The van der Waals surface area contributed by atoms with Gasteiger partial charge in [0, 0.05) is 120 Å². The quantitative estimate of drug-likeness (QED) is 0.0226. The van der Waals surface area contributed by atoms with Crippen LogP contribution in [0.4, 0.5) is 0 Å². The van der Waals surface area contributed by atoms with Crippen molar-refractivity contribution in [3.8, 4) is 0 Å². The van der Waals surface area contributed by atoms with E-state index in [-0.39, 0.29) is 140 Å². The molecular weight excluding hydrogens is 1450 g/mol. The second-order valence-electron chi connectivity index (χ2n) is 37.3. The lowest BCUT2D eigenvalue weighted by molar-refractivity contribution is -0.139. The molecule has 3 amide bonds. The van der Waals surface area contributed by atoms with Crippen molar-refractivity contribution < 1.29 is 54.0 Å². The Morgan fingerprint density at radius 3 is 0.698 bits per heavy atom. The van der Waals surface area contributed by atoms with E-state index in [4.69, 9.17) is 0 Å². The number of rotatable bonds is 28. The fourth-order valence-electron chi connectivity index (χ4n) is 31.8. The van der Waals surface area contributed by atoms with Crippen LogP contribution in [0.25, 0.3) is 291 Å². The monoisotopic (exact) mass is 1500 g/mol. The van der Waals surface area contributed by atoms with Crippen LogP contribution < -0.4 is 16.0 Å². The third-order valence-corrected chi connectivity index (χ3v) is 34.0. The zero-order valence-corrected chi connectivity index (χ0v) is 61.4. The number of aliphatic carboxylic acids is 4. The van der Waals surface area contributed by atoms with Crippen LogP contribution in [-0.2, 0) is 39.6 Å². The lowest BCUT2D eigenvalue weighted by Crippen LogP contribution is -2.64. The molecule has 2 spiro atoms. The second kappa shape index (κ2) is 16.4. The summed E-state index contributed by atoms with van der Waals surface area (Å²) in [6.07, 6.45) is -0.654. The van der Waals surface area contributed by atoms with Gasteiger partial charge in [0.2, 0.25) is 11.8 Å². The first-order valence-electron chi connectivity index (χ1n) is 41.6. The molecule has 7 aliphatic carbocycles. The van der Waals surface area contributed by atoms with Gasteiger partial charge in [-0.3, -0.25) is 33.6 Å². The van der Waals surface area contributed by atoms with Crippen LogP contribution in [0.5, 0.6) is 0 Å². The highest BCUT2D eigenvalue weighted by atomic mass is 16.4. The standard InChI is InChI=1S/C99H52N6O11/c106-31(100-13-22-104(18-9-33(108)109)19-10-34(110)111)7-16-103(17-8-32(107)101-14-23-105(20-11-35(112)113)21-12-36(114)115)24-15-102-97(116)26-5-6-29-30(25-26)92-28-4-2-1-3-27(28)91(29)98-93-83-75-65-55-47-39-37-38-41-45-43(39)51-59-53(45)63-57-49(41)50-42(38)46-44-40(37)48(47)56-62-52(44)60-54(46)64-58(50)68-67(57)77-71(63)81-73(59)79(69(75)61(51)55)87(93)89(81)95-85(77)86-78(68)72(64)82-74(60)80-70(62)76(66(56)65)84(83)94(98)88(80)90(82)96(86)99(92,95)98/h1-6,25,91-92H,7-24H2,(H,100,106)(H,101,107)(H,102,116)(H,108,109)(H,110,111)(H,112,113)(H,114,115)/t91-,92+,98?,99?/m1/s1. The highest BCUT2D eigenvalue weighted by Crippen LogP contribution is 2.90. The SMILES string of the molecule is O=C(O)CCN(CCNC(=O)CCN(CCNC(=O)c1ccc2c(c1)[C@@H]1c3ccccc3[C@H]2C23c4c5c6c7c8c9c(c%10c%11c2c2c4c4c%12c5c5c6c6c8c8c%13c9c9c%10c%10c%11c%11c2c2c4c4c%12c%12c5c5c6c8c6c8c%13c9c9c%10c%10c%11c2c2c4c4c%12c5c6c5c8c9c%10c2c45)C713)CCC(=O)NCCN(CCC(=O)O)CCC(=O)O)CCC(=O)O. The molecule has 30 aromatic carbocycles. The van der Waals surface area contributed by atoms with Gasteiger partial charge in [-0.2, -0.15) is 0 Å². The molecule has 0 saturated heterocycles. The largest absolute Gasteiger partial charge is 0.481 e. The Morgan fingerprint density at radius 2 is 0.457 bits per heavy atom. The maximum Gasteiger partial charge on any atom is 0.304 e. The average Bonchev–Trinajstić information content (AvgIpc) is 1.38. The minimum Gasteiger partial charge on any atom is -0.481 e. The number of hydrogen-bond donors (Lipinski definition) is 7. The molecule has 17 nitrogen and oxygen atoms in total. The predicted octanol–water partition coefficient (Wildman–Crippen LogP) is 17.1. The van der Waals surface area contributed by atoms with Crippen molar-refractivity contribution in [2.24, 2.45) is 0 Å². The van der Waals surface area contributed by atoms with Crippen molar-refractivity contribution in [2.75, 3.05) is 78.5 Å². The third-order valence-electron chi connectivity index (χ3n) is 34.0. The van der Waals surface area contributed by atoms with Crippen molar-refractivity contribution in [3.05, 3.63) is 92.5 Å². The molecular formula is C99H52N6O11. The van der Waals surface area contributed by atoms with E-state index in [1.165, 1.54) is 86.9 Å². The molecule has 0 saturated carbocycles. The molecule has 17 heteroatoms. The van der Waals surface area contributed by atoms with E-state index in [1.54, 1.807) is 258 Å². The molecule has 30 aromatic rings. The van der Waals surface area contributed by atoms with E-state index in [0.29, 0.717) is 12.1 Å². The zero-order valence-electron chi connectivity index (χ0n) is 61.4. The topological polar surface area (TPSA) is 246 Å². The number of benzene rings is 20. The van der Waals surface area contributed by atoms with Gasteiger partial charge in [-0.15, -0.1) is 0 Å². The van der Waals surface area contributed by atoms with Crippen molar-refractivity contribution >= 4 is 332 Å². The summed E-state index contributed by atoms with van der Waals surface area (Å²) in [6.45, 7) is 2.23. The molecule has 2 bridgehead atoms. The van der Waals surface area contributed by atoms with Gasteiger partial charge in [-0.1, -0.05) is 30.3 Å². The van der Waals surface area contributed by atoms with Crippen molar-refractivity contribution in [1.29, 1.82) is 0 Å². The number of carboxylic acid groups (broad SMARTS) is 4. The van der Waals surface area contributed by atoms with E-state index >= 15 is 4.79 Å². The lowest BCUT2D eigenvalue weighted by atomic mass is 9.33. The molecule has 116 heavy (non-hydrogen) atoms. The highest BCUT2D eigenvalue weighted by Gasteiger charge is 2.78. The molecule has 0 fully saturated rings. The van der Waals surface area contributed by atoms with Crippen LogP contribution >= 0.6 is 0 Å². The molecule has 544 valence electrons. The van der Waals surface area contributed by atoms with E-state index in [2.05, 4.69) is 58.4 Å². The molecule has 0 unspecified atom stereocenters. The lowest BCUT2D eigenvalue weighted by Gasteiger charge is -2.67. The summed E-state index contributed by atoms with van der Waals surface area (Å²) in [5.74, 6) is -5.18. The molecule has 37 rings (SSSR count). The first-order valence-corrected chi connectivity index (χ1v) is 41.6. The summed E-state index contributed by atoms with van der Waals surface area (Å²) in [5, 5.41) is 131. The molecule has 7 N–H and O–H groups in total. The van der Waals surface area contributed by atoms with Crippen LogP contribution in [0.15, 0.2) is 42.5 Å². The predicted molar refractivity (Wildman–Crippen MR) is 456 cm³/mol. The molecule has 0 aromatic heterocycles. The van der Waals surface area contributed by atoms with Crippen LogP contribution in [0.3, 0.4) is 0 Å². The molecule has 7 aliphatic rings. The number of amides is 3. The maximum atomic E-state index is 15.8. The van der Waals surface area contributed by atoms with E-state index in [9.17, 15) is 49.2 Å². The van der Waals surface area contributed by atoms with Crippen molar-refractivity contribution in [1.82, 2.24) is 30.7 Å². The van der Waals surface area contributed by atoms with Crippen LogP contribution in [0, 0.1) is 0 Å². The van der Waals surface area contributed by atoms with Gasteiger partial charge >= 0.3 is 23.9 Å². The maximum absolute atomic E-state index is 15.8. The van der Waals surface area contributed by atoms with Gasteiger partial charge in [0.15, 0.2) is 0 Å². The minimum atomic E-state index is -1.01. The van der Waals surface area contributed by atoms with Crippen molar-refractivity contribution in [3.63, 3.8) is 0 Å². The van der Waals surface area contributed by atoms with E-state index < -0.39 is 34.7 Å². The van der Waals surface area contributed by atoms with Gasteiger partial charge in [-0.25, -0.2) is 0 Å². The second-order valence-corrected chi connectivity index (χ2v) is 37.3. The molecule has 0 aliphatic heterocycles. The Labute approximate surface area is 645 Å². The van der Waals surface area contributed by atoms with Gasteiger partial charge < -0.3 is 51.1 Å². The zero-order chi connectivity index (χ0) is 75.1. The summed E-state index contributed by atoms with van der Waals surface area (Å²) in [6, 6.07) is 16.4. The van der Waals surface area contributed by atoms with Crippen LogP contribution in [-0.4, -0.2) is 155 Å². The van der Waals surface area contributed by atoms with Crippen molar-refractivity contribution in [2.45, 2.75) is 61.2 Å². The van der Waals surface area contributed by atoms with E-state index in [0.717, 1.165) is 0 Å². The first kappa shape index (κ1) is 57.2. The fourth-order valence-corrected chi connectivity index (χ4v) is 31.8. The number of nitrogens with zero attached hydrogens (tertiary/aromatic N) is 3. The number of carbonyl (C=O) groups excluding carboxylic acids is 3. The molecule has 0 heterocycles. The molecule has 2 atom stereocenters. The summed E-state index contributed by atoms with van der Waals surface area (Å²) in [5.41, 5.74) is 11.0. The normalized spacial score (nSPS) is 19.5. The minimum absolute atomic E-state index is 0.0337. The fraction of sp³-hybridized carbons (Fsp3) is 0.222. The highest BCUT2D eigenvalue weighted by molar-refractivity contribution is 6.82. The van der Waals surface area contributed by atoms with Crippen LogP contribution in [0.2, 0.25) is 0 Å². The Morgan fingerprint density at radius 1 is 0.250 bits per heavy atom. The smallest absolute Gasteiger partial charge is 0.304 e. The van der Waals surface area contributed by atoms with Gasteiger partial charge in [0.25, 0.3) is 5.91 Å². The van der Waals surface area contributed by atoms with Gasteiger partial charge in [0.1, 0.15) is 0 Å². The summed E-state index contributed by atoms with van der Waals surface area (Å²) < 4.78 is 0. The third kappa shape index (κ3) is 4.70. The van der Waals surface area contributed by atoms with Gasteiger partial charge in [0.05, 0.1) is 25.7 Å². The number of carboxylic acids is 4. The number of nitrogens with one attached hydrogen (secondary N) is 3. The Balaban J connectivity index is 0.573.